The Balaban J connectivity index is 2.69. The molecule has 19 heavy (non-hydrogen) atoms. The fourth-order valence-corrected chi connectivity index (χ4v) is 1.48. The number of hydrogen-bond donors (Lipinski definition) is 1. The highest BCUT2D eigenvalue weighted by atomic mass is 35.5. The predicted octanol–water partition coefficient (Wildman–Crippen LogP) is 2.14. The van der Waals surface area contributed by atoms with E-state index in [1.54, 1.807) is 6.92 Å². The van der Waals surface area contributed by atoms with Crippen LogP contribution in [0.25, 0.3) is 0 Å². The highest BCUT2D eigenvalue weighted by molar-refractivity contribution is 6.34. The van der Waals surface area contributed by atoms with Gasteiger partial charge in [0.2, 0.25) is 5.91 Å². The molecule has 1 N–H and O–H groups in total. The third-order valence-corrected chi connectivity index (χ3v) is 2.36. The van der Waals surface area contributed by atoms with Gasteiger partial charge in [0, 0.05) is 12.1 Å². The number of nitro benzene ring substituents is 1. The summed E-state index contributed by atoms with van der Waals surface area (Å²) in [6.45, 7) is 1.81. The number of carbonyl (C=O) groups excluding carboxylic acids is 2. The lowest BCUT2D eigenvalue weighted by Crippen LogP contribution is -2.18. The van der Waals surface area contributed by atoms with Crippen LogP contribution in [-0.4, -0.2) is 23.4 Å². The van der Waals surface area contributed by atoms with E-state index in [4.69, 9.17) is 11.6 Å². The van der Waals surface area contributed by atoms with Gasteiger partial charge in [-0.2, -0.15) is 0 Å². The van der Waals surface area contributed by atoms with Gasteiger partial charge >= 0.3 is 5.97 Å². The van der Waals surface area contributed by atoms with Gasteiger partial charge in [-0.05, 0) is 13.0 Å². The van der Waals surface area contributed by atoms with Crippen molar-refractivity contribution in [2.45, 2.75) is 13.3 Å². The number of hydrogen-bond acceptors (Lipinski definition) is 5. The normalized spacial score (nSPS) is 9.79. The number of nitrogens with zero attached hydrogens (tertiary/aromatic N) is 1. The van der Waals surface area contributed by atoms with Gasteiger partial charge in [0.25, 0.3) is 5.69 Å². The third-order valence-electron chi connectivity index (χ3n) is 2.05. The zero-order chi connectivity index (χ0) is 14.4. The van der Waals surface area contributed by atoms with E-state index < -0.39 is 23.2 Å². The molecule has 0 spiro atoms. The van der Waals surface area contributed by atoms with Crippen molar-refractivity contribution >= 4 is 34.9 Å². The fourth-order valence-electron chi connectivity index (χ4n) is 1.26. The minimum Gasteiger partial charge on any atom is -0.466 e. The van der Waals surface area contributed by atoms with Crippen molar-refractivity contribution in [1.29, 1.82) is 0 Å². The van der Waals surface area contributed by atoms with E-state index >= 15 is 0 Å². The molecule has 0 saturated carbocycles. The SMILES string of the molecule is CCOC(=O)CC(=O)Nc1ccc([N+](=O)[O-])cc1Cl. The first-order valence-corrected chi connectivity index (χ1v) is 5.71. The summed E-state index contributed by atoms with van der Waals surface area (Å²) in [5, 5.41) is 12.9. The monoisotopic (exact) mass is 286 g/mol. The first-order chi connectivity index (χ1) is 8.93. The zero-order valence-electron chi connectivity index (χ0n) is 10.0. The summed E-state index contributed by atoms with van der Waals surface area (Å²) in [5.74, 6) is -1.26. The second-order valence-corrected chi connectivity index (χ2v) is 3.86. The van der Waals surface area contributed by atoms with Crippen LogP contribution in [-0.2, 0) is 14.3 Å². The predicted molar refractivity (Wildman–Crippen MR) is 68.0 cm³/mol. The van der Waals surface area contributed by atoms with Crippen molar-refractivity contribution in [3.63, 3.8) is 0 Å². The number of benzene rings is 1. The number of esters is 1. The maximum Gasteiger partial charge on any atom is 0.315 e. The van der Waals surface area contributed by atoms with Crippen LogP contribution in [0, 0.1) is 10.1 Å². The molecule has 0 aromatic heterocycles. The lowest BCUT2D eigenvalue weighted by atomic mass is 10.2. The van der Waals surface area contributed by atoms with E-state index in [1.165, 1.54) is 12.1 Å². The second-order valence-electron chi connectivity index (χ2n) is 3.45. The number of ether oxygens (including phenoxy) is 1. The minimum absolute atomic E-state index is 0.0198. The van der Waals surface area contributed by atoms with E-state index in [-0.39, 0.29) is 23.0 Å². The average Bonchev–Trinajstić information content (AvgIpc) is 2.31. The quantitative estimate of drug-likeness (QED) is 0.387. The molecular weight excluding hydrogens is 276 g/mol. The molecule has 0 atom stereocenters. The van der Waals surface area contributed by atoms with Crippen LogP contribution in [0.4, 0.5) is 11.4 Å². The molecule has 8 heteroatoms. The maximum atomic E-state index is 11.5. The molecular formula is C11H11ClN2O5. The number of rotatable bonds is 5. The largest absolute Gasteiger partial charge is 0.466 e. The van der Waals surface area contributed by atoms with E-state index in [0.29, 0.717) is 0 Å². The highest BCUT2D eigenvalue weighted by Gasteiger charge is 2.14. The third kappa shape index (κ3) is 4.55. The van der Waals surface area contributed by atoms with Crippen molar-refractivity contribution in [3.8, 4) is 0 Å². The molecule has 1 amide bonds. The van der Waals surface area contributed by atoms with Crippen molar-refractivity contribution < 1.29 is 19.2 Å². The average molecular weight is 287 g/mol. The first-order valence-electron chi connectivity index (χ1n) is 5.33. The topological polar surface area (TPSA) is 98.5 Å². The summed E-state index contributed by atoms with van der Waals surface area (Å²) < 4.78 is 4.61. The van der Waals surface area contributed by atoms with Gasteiger partial charge in [0.1, 0.15) is 6.42 Å². The summed E-state index contributed by atoms with van der Waals surface area (Å²) >= 11 is 5.78. The van der Waals surface area contributed by atoms with E-state index in [9.17, 15) is 19.7 Å². The van der Waals surface area contributed by atoms with Gasteiger partial charge in [0.05, 0.1) is 22.2 Å². The molecule has 0 bridgehead atoms. The Kier molecular flexibility index (Phi) is 5.25. The second kappa shape index (κ2) is 6.69. The van der Waals surface area contributed by atoms with Crippen LogP contribution in [0.15, 0.2) is 18.2 Å². The number of nitro groups is 1. The molecule has 0 radical (unpaired) electrons. The molecule has 0 aliphatic heterocycles. The first kappa shape index (κ1) is 14.9. The number of amides is 1. The highest BCUT2D eigenvalue weighted by Crippen LogP contribution is 2.26. The Hall–Kier alpha value is -2.15. The molecule has 0 aliphatic rings. The minimum atomic E-state index is -0.655. The molecule has 0 saturated heterocycles. The lowest BCUT2D eigenvalue weighted by Gasteiger charge is -2.06. The van der Waals surface area contributed by atoms with Crippen LogP contribution < -0.4 is 5.32 Å². The van der Waals surface area contributed by atoms with Gasteiger partial charge in [-0.15, -0.1) is 0 Å². The zero-order valence-corrected chi connectivity index (χ0v) is 10.8. The van der Waals surface area contributed by atoms with E-state index in [2.05, 4.69) is 10.1 Å². The van der Waals surface area contributed by atoms with Gasteiger partial charge in [-0.25, -0.2) is 0 Å². The number of carbonyl (C=O) groups is 2. The smallest absolute Gasteiger partial charge is 0.315 e. The number of halogens is 1. The summed E-state index contributed by atoms with van der Waals surface area (Å²) in [6, 6.07) is 3.61. The van der Waals surface area contributed by atoms with Crippen LogP contribution in [0.2, 0.25) is 5.02 Å². The van der Waals surface area contributed by atoms with Gasteiger partial charge < -0.3 is 10.1 Å². The molecule has 0 unspecified atom stereocenters. The van der Waals surface area contributed by atoms with Crippen LogP contribution in [0.3, 0.4) is 0 Å². The molecule has 7 nitrogen and oxygen atoms in total. The van der Waals surface area contributed by atoms with Crippen LogP contribution in [0.1, 0.15) is 13.3 Å². The molecule has 1 aromatic rings. The number of non-ortho nitro benzene ring substituents is 1. The van der Waals surface area contributed by atoms with Crippen molar-refractivity contribution in [1.82, 2.24) is 0 Å². The molecule has 0 heterocycles. The summed E-state index contributed by atoms with van der Waals surface area (Å²) in [4.78, 5) is 32.4. The van der Waals surface area contributed by atoms with Gasteiger partial charge in [0.15, 0.2) is 0 Å². The lowest BCUT2D eigenvalue weighted by molar-refractivity contribution is -0.384. The molecule has 0 aliphatic carbocycles. The molecule has 1 aromatic carbocycles. The van der Waals surface area contributed by atoms with Gasteiger partial charge in [-0.3, -0.25) is 19.7 Å². The van der Waals surface area contributed by atoms with Crippen LogP contribution >= 0.6 is 11.6 Å². The van der Waals surface area contributed by atoms with Crippen molar-refractivity contribution in [2.75, 3.05) is 11.9 Å². The summed E-state index contributed by atoms with van der Waals surface area (Å²) in [6.07, 6.45) is -0.443. The number of nitrogens with one attached hydrogen (secondary N) is 1. The Morgan fingerprint density at radius 1 is 1.47 bits per heavy atom. The Morgan fingerprint density at radius 3 is 2.68 bits per heavy atom. The van der Waals surface area contributed by atoms with Gasteiger partial charge in [-0.1, -0.05) is 11.6 Å². The molecule has 0 fully saturated rings. The van der Waals surface area contributed by atoms with E-state index in [1.807, 2.05) is 0 Å². The standard InChI is InChI=1S/C11H11ClN2O5/c1-2-19-11(16)6-10(15)13-9-4-3-7(14(17)18)5-8(9)12/h3-5H,2,6H2,1H3,(H,13,15). The Labute approximate surface area is 113 Å². The Morgan fingerprint density at radius 2 is 2.16 bits per heavy atom. The van der Waals surface area contributed by atoms with Crippen molar-refractivity contribution in [2.24, 2.45) is 0 Å². The Bertz CT molecular complexity index is 518. The van der Waals surface area contributed by atoms with Crippen LogP contribution in [0.5, 0.6) is 0 Å². The summed E-state index contributed by atoms with van der Waals surface area (Å²) in [7, 11) is 0. The van der Waals surface area contributed by atoms with Crippen molar-refractivity contribution in [3.05, 3.63) is 33.3 Å². The maximum absolute atomic E-state index is 11.5. The number of anilines is 1. The molecule has 102 valence electrons. The van der Waals surface area contributed by atoms with E-state index in [0.717, 1.165) is 6.07 Å². The summed E-state index contributed by atoms with van der Waals surface area (Å²) in [5.41, 5.74) is 0.00922. The molecule has 1 rings (SSSR count). The fraction of sp³-hybridized carbons (Fsp3) is 0.273.